The molecule has 3 heterocycles. The number of hydrogen-bond acceptors (Lipinski definition) is 5. The first-order chi connectivity index (χ1) is 9.34. The molecule has 2 saturated heterocycles. The van der Waals surface area contributed by atoms with Crippen LogP contribution in [0.3, 0.4) is 0 Å². The van der Waals surface area contributed by atoms with Gasteiger partial charge in [-0.25, -0.2) is 4.98 Å². The van der Waals surface area contributed by atoms with Gasteiger partial charge in [0.2, 0.25) is 0 Å². The van der Waals surface area contributed by atoms with Gasteiger partial charge in [0, 0.05) is 38.6 Å². The molecule has 3 rings (SSSR count). The second kappa shape index (κ2) is 5.71. The SMILES string of the molecule is O=C(c1coc(C2CCCNC2)n1)N1CCNCC1. The van der Waals surface area contributed by atoms with Gasteiger partial charge in [0.05, 0.1) is 0 Å². The molecule has 1 amide bonds. The molecule has 0 bridgehead atoms. The lowest BCUT2D eigenvalue weighted by Gasteiger charge is -2.26. The second-order valence-electron chi connectivity index (χ2n) is 5.16. The number of nitrogens with one attached hydrogen (secondary N) is 2. The zero-order chi connectivity index (χ0) is 13.1. The molecule has 0 spiro atoms. The first-order valence-corrected chi connectivity index (χ1v) is 7.01. The molecule has 2 N–H and O–H groups in total. The molecule has 0 aromatic carbocycles. The number of piperidine rings is 1. The zero-order valence-electron chi connectivity index (χ0n) is 11.0. The first-order valence-electron chi connectivity index (χ1n) is 7.01. The maximum atomic E-state index is 12.3. The average Bonchev–Trinajstić information content (AvgIpc) is 2.98. The predicted molar refractivity (Wildman–Crippen MR) is 70.1 cm³/mol. The smallest absolute Gasteiger partial charge is 0.275 e. The van der Waals surface area contributed by atoms with Crippen molar-refractivity contribution in [3.8, 4) is 0 Å². The van der Waals surface area contributed by atoms with Gasteiger partial charge in [-0.1, -0.05) is 0 Å². The van der Waals surface area contributed by atoms with E-state index in [0.717, 1.165) is 52.1 Å². The zero-order valence-corrected chi connectivity index (χ0v) is 11.0. The summed E-state index contributed by atoms with van der Waals surface area (Å²) in [4.78, 5) is 18.5. The number of oxazole rings is 1. The lowest BCUT2D eigenvalue weighted by atomic mass is 10.00. The Balaban J connectivity index is 1.67. The van der Waals surface area contributed by atoms with Crippen LogP contribution in [0.1, 0.15) is 35.1 Å². The summed E-state index contributed by atoms with van der Waals surface area (Å²) in [5.74, 6) is 0.990. The van der Waals surface area contributed by atoms with E-state index in [4.69, 9.17) is 4.42 Å². The monoisotopic (exact) mass is 264 g/mol. The van der Waals surface area contributed by atoms with E-state index in [1.165, 1.54) is 6.26 Å². The highest BCUT2D eigenvalue weighted by Gasteiger charge is 2.24. The van der Waals surface area contributed by atoms with Gasteiger partial charge in [-0.05, 0) is 19.4 Å². The van der Waals surface area contributed by atoms with Crippen LogP contribution in [0.4, 0.5) is 0 Å². The Kier molecular flexibility index (Phi) is 3.79. The van der Waals surface area contributed by atoms with Crippen molar-refractivity contribution in [2.45, 2.75) is 18.8 Å². The first kappa shape index (κ1) is 12.6. The van der Waals surface area contributed by atoms with E-state index in [2.05, 4.69) is 15.6 Å². The minimum atomic E-state index is -0.0136. The van der Waals surface area contributed by atoms with Gasteiger partial charge >= 0.3 is 0 Å². The minimum absolute atomic E-state index is 0.0136. The normalized spacial score (nSPS) is 24.4. The van der Waals surface area contributed by atoms with Crippen LogP contribution in [-0.2, 0) is 0 Å². The largest absolute Gasteiger partial charge is 0.448 e. The highest BCUT2D eigenvalue weighted by atomic mass is 16.3. The summed E-state index contributed by atoms with van der Waals surface area (Å²) in [6, 6.07) is 0. The molecule has 19 heavy (non-hydrogen) atoms. The van der Waals surface area contributed by atoms with E-state index >= 15 is 0 Å². The van der Waals surface area contributed by atoms with E-state index in [9.17, 15) is 4.79 Å². The summed E-state index contributed by atoms with van der Waals surface area (Å²) in [6.45, 7) is 5.13. The van der Waals surface area contributed by atoms with E-state index in [1.807, 2.05) is 4.90 Å². The van der Waals surface area contributed by atoms with Crippen LogP contribution in [0.2, 0.25) is 0 Å². The fraction of sp³-hybridized carbons (Fsp3) is 0.692. The van der Waals surface area contributed by atoms with Gasteiger partial charge in [-0.2, -0.15) is 0 Å². The van der Waals surface area contributed by atoms with E-state index in [1.54, 1.807) is 0 Å². The van der Waals surface area contributed by atoms with Gasteiger partial charge in [0.25, 0.3) is 5.91 Å². The van der Waals surface area contributed by atoms with Gasteiger partial charge in [-0.15, -0.1) is 0 Å². The van der Waals surface area contributed by atoms with Crippen molar-refractivity contribution in [2.24, 2.45) is 0 Å². The summed E-state index contributed by atoms with van der Waals surface area (Å²) in [7, 11) is 0. The third-order valence-corrected chi connectivity index (χ3v) is 3.79. The Morgan fingerprint density at radius 3 is 2.89 bits per heavy atom. The molecular weight excluding hydrogens is 244 g/mol. The van der Waals surface area contributed by atoms with Crippen molar-refractivity contribution < 1.29 is 9.21 Å². The van der Waals surface area contributed by atoms with Gasteiger partial charge < -0.3 is 20.0 Å². The van der Waals surface area contributed by atoms with Gasteiger partial charge in [-0.3, -0.25) is 4.79 Å². The molecule has 2 aliphatic rings. The summed E-state index contributed by atoms with van der Waals surface area (Å²) < 4.78 is 5.50. The molecule has 1 atom stereocenters. The number of piperazine rings is 1. The molecule has 1 unspecified atom stereocenters. The summed E-state index contributed by atoms with van der Waals surface area (Å²) in [5, 5.41) is 6.56. The third-order valence-electron chi connectivity index (χ3n) is 3.79. The Bertz CT molecular complexity index is 434. The van der Waals surface area contributed by atoms with Crippen LogP contribution in [0, 0.1) is 0 Å². The number of carbonyl (C=O) groups excluding carboxylic acids is 1. The fourth-order valence-corrected chi connectivity index (χ4v) is 2.67. The summed E-state index contributed by atoms with van der Waals surface area (Å²) in [6.07, 6.45) is 3.72. The molecule has 0 radical (unpaired) electrons. The number of hydrogen-bond donors (Lipinski definition) is 2. The highest BCUT2D eigenvalue weighted by Crippen LogP contribution is 2.22. The Labute approximate surface area is 112 Å². The maximum Gasteiger partial charge on any atom is 0.275 e. The van der Waals surface area contributed by atoms with Gasteiger partial charge in [0.1, 0.15) is 6.26 Å². The maximum absolute atomic E-state index is 12.3. The fourth-order valence-electron chi connectivity index (χ4n) is 2.67. The van der Waals surface area contributed by atoms with Crippen LogP contribution in [-0.4, -0.2) is 55.1 Å². The van der Waals surface area contributed by atoms with Crippen molar-refractivity contribution in [2.75, 3.05) is 39.3 Å². The van der Waals surface area contributed by atoms with Crippen LogP contribution >= 0.6 is 0 Å². The molecule has 0 aliphatic carbocycles. The molecule has 104 valence electrons. The predicted octanol–water partition coefficient (Wildman–Crippen LogP) is 0.187. The third kappa shape index (κ3) is 2.79. The van der Waals surface area contributed by atoms with Crippen LogP contribution in [0.5, 0.6) is 0 Å². The molecule has 6 heteroatoms. The lowest BCUT2D eigenvalue weighted by molar-refractivity contribution is 0.0730. The Hall–Kier alpha value is -1.40. The Morgan fingerprint density at radius 1 is 1.32 bits per heavy atom. The number of carbonyl (C=O) groups is 1. The van der Waals surface area contributed by atoms with Crippen molar-refractivity contribution in [3.05, 3.63) is 17.8 Å². The molecule has 2 fully saturated rings. The van der Waals surface area contributed by atoms with E-state index < -0.39 is 0 Å². The standard InChI is InChI=1S/C13H20N4O2/c18-13(17-6-4-14-5-7-17)11-9-19-12(16-11)10-2-1-3-15-8-10/h9-10,14-15H,1-8H2. The molecule has 6 nitrogen and oxygen atoms in total. The minimum Gasteiger partial charge on any atom is -0.448 e. The Morgan fingerprint density at radius 2 is 2.16 bits per heavy atom. The lowest BCUT2D eigenvalue weighted by Crippen LogP contribution is -2.46. The van der Waals surface area contributed by atoms with Gasteiger partial charge in [0.15, 0.2) is 11.6 Å². The summed E-state index contributed by atoms with van der Waals surface area (Å²) in [5.41, 5.74) is 0.447. The molecule has 1 aromatic rings. The van der Waals surface area contributed by atoms with E-state index in [-0.39, 0.29) is 5.91 Å². The average molecular weight is 264 g/mol. The molecule has 0 saturated carbocycles. The number of rotatable bonds is 2. The molecule has 2 aliphatic heterocycles. The summed E-state index contributed by atoms with van der Waals surface area (Å²) >= 11 is 0. The molecule has 1 aromatic heterocycles. The number of amides is 1. The van der Waals surface area contributed by atoms with Crippen molar-refractivity contribution >= 4 is 5.91 Å². The van der Waals surface area contributed by atoms with Crippen LogP contribution in [0.25, 0.3) is 0 Å². The number of aromatic nitrogens is 1. The molecular formula is C13H20N4O2. The number of nitrogens with zero attached hydrogens (tertiary/aromatic N) is 2. The highest BCUT2D eigenvalue weighted by molar-refractivity contribution is 5.92. The second-order valence-corrected chi connectivity index (χ2v) is 5.16. The van der Waals surface area contributed by atoms with Crippen LogP contribution in [0.15, 0.2) is 10.7 Å². The van der Waals surface area contributed by atoms with Crippen molar-refractivity contribution in [3.63, 3.8) is 0 Å². The van der Waals surface area contributed by atoms with Crippen molar-refractivity contribution in [1.82, 2.24) is 20.5 Å². The van der Waals surface area contributed by atoms with E-state index in [0.29, 0.717) is 17.5 Å². The van der Waals surface area contributed by atoms with Crippen molar-refractivity contribution in [1.29, 1.82) is 0 Å². The quantitative estimate of drug-likeness (QED) is 0.798. The van der Waals surface area contributed by atoms with Crippen LogP contribution < -0.4 is 10.6 Å². The topological polar surface area (TPSA) is 70.4 Å².